The van der Waals surface area contributed by atoms with Gasteiger partial charge in [-0.05, 0) is 75.6 Å². The smallest absolute Gasteiger partial charge is 0.337 e. The summed E-state index contributed by atoms with van der Waals surface area (Å²) in [5, 5.41) is 11.6. The second-order valence-corrected chi connectivity index (χ2v) is 9.15. The molecule has 0 aliphatic rings. The summed E-state index contributed by atoms with van der Waals surface area (Å²) in [5.74, 6) is -0.568. The van der Waals surface area contributed by atoms with Crippen LogP contribution in [0, 0.1) is 0 Å². The van der Waals surface area contributed by atoms with Gasteiger partial charge in [0, 0.05) is 48.0 Å². The zero-order valence-electron chi connectivity index (χ0n) is 21.9. The lowest BCUT2D eigenvalue weighted by atomic mass is 10.0. The molecule has 2 aromatic carbocycles. The van der Waals surface area contributed by atoms with Gasteiger partial charge in [0.25, 0.3) is 0 Å². The van der Waals surface area contributed by atoms with Gasteiger partial charge in [-0.1, -0.05) is 6.07 Å². The summed E-state index contributed by atoms with van der Waals surface area (Å²) in [6.07, 6.45) is 4.20. The molecule has 1 amide bonds. The fraction of sp³-hybridized carbons (Fsp3) is 0.241. The number of benzene rings is 2. The quantitative estimate of drug-likeness (QED) is 0.251. The number of aromatic nitrogens is 2. The Hall–Kier alpha value is -4.50. The molecule has 0 aliphatic carbocycles. The second-order valence-electron chi connectivity index (χ2n) is 9.15. The maximum atomic E-state index is 12.3. The molecule has 0 unspecified atom stereocenters. The molecule has 2 heterocycles. The zero-order valence-corrected chi connectivity index (χ0v) is 21.9. The lowest BCUT2D eigenvalue weighted by Gasteiger charge is -2.22. The largest absolute Gasteiger partial charge is 0.494 e. The standard InChI is InChI=1S/C29H31N5O4/c1-19(35)34(16-6-15-33(2)3)23-11-9-22(10-12-23)31-27(21-7-5-14-30-18-21)26-24-13-8-20(29(37)38-4)17-25(24)32-28(26)36/h5,7-14,17-18,32,36H,6,15-16H2,1-4H3. The Morgan fingerprint density at radius 1 is 1.05 bits per heavy atom. The highest BCUT2D eigenvalue weighted by atomic mass is 16.5. The molecular weight excluding hydrogens is 482 g/mol. The highest BCUT2D eigenvalue weighted by Gasteiger charge is 2.20. The zero-order chi connectivity index (χ0) is 27.2. The van der Waals surface area contributed by atoms with E-state index in [9.17, 15) is 14.7 Å². The number of carbonyl (C=O) groups is 2. The van der Waals surface area contributed by atoms with Crippen LogP contribution in [-0.4, -0.2) is 71.9 Å². The number of rotatable bonds is 9. The van der Waals surface area contributed by atoms with Gasteiger partial charge in [0.15, 0.2) is 5.88 Å². The lowest BCUT2D eigenvalue weighted by molar-refractivity contribution is -0.116. The third-order valence-electron chi connectivity index (χ3n) is 6.14. The predicted molar refractivity (Wildman–Crippen MR) is 148 cm³/mol. The fourth-order valence-corrected chi connectivity index (χ4v) is 4.29. The molecule has 0 bridgehead atoms. The molecule has 0 saturated carbocycles. The summed E-state index contributed by atoms with van der Waals surface area (Å²) in [5.41, 5.74) is 4.08. The van der Waals surface area contributed by atoms with Crippen LogP contribution in [0.3, 0.4) is 0 Å². The van der Waals surface area contributed by atoms with E-state index in [1.165, 1.54) is 7.11 Å². The highest BCUT2D eigenvalue weighted by molar-refractivity contribution is 6.22. The number of amides is 1. The molecule has 4 aromatic rings. The number of H-pyrrole nitrogens is 1. The summed E-state index contributed by atoms with van der Waals surface area (Å²) in [6.45, 7) is 3.07. The van der Waals surface area contributed by atoms with Crippen molar-refractivity contribution in [1.29, 1.82) is 0 Å². The van der Waals surface area contributed by atoms with Crippen molar-refractivity contribution in [1.82, 2.24) is 14.9 Å². The van der Waals surface area contributed by atoms with Gasteiger partial charge in [-0.2, -0.15) is 0 Å². The maximum Gasteiger partial charge on any atom is 0.337 e. The maximum absolute atomic E-state index is 12.3. The molecule has 0 fully saturated rings. The molecule has 38 heavy (non-hydrogen) atoms. The lowest BCUT2D eigenvalue weighted by Crippen LogP contribution is -2.31. The van der Waals surface area contributed by atoms with Gasteiger partial charge in [-0.25, -0.2) is 9.79 Å². The molecule has 196 valence electrons. The van der Waals surface area contributed by atoms with E-state index in [2.05, 4.69) is 14.9 Å². The number of carbonyl (C=O) groups excluding carboxylic acids is 2. The minimum Gasteiger partial charge on any atom is -0.494 e. The fourth-order valence-electron chi connectivity index (χ4n) is 4.29. The van der Waals surface area contributed by atoms with Crippen LogP contribution >= 0.6 is 0 Å². The number of aromatic hydroxyl groups is 1. The number of nitrogens with zero attached hydrogens (tertiary/aromatic N) is 4. The average molecular weight is 514 g/mol. The first-order chi connectivity index (χ1) is 18.3. The number of ether oxygens (including phenoxy) is 1. The summed E-state index contributed by atoms with van der Waals surface area (Å²) >= 11 is 0. The molecule has 0 aliphatic heterocycles. The Morgan fingerprint density at radius 2 is 1.82 bits per heavy atom. The molecule has 0 saturated heterocycles. The number of esters is 1. The Kier molecular flexibility index (Phi) is 8.18. The van der Waals surface area contributed by atoms with E-state index in [0.29, 0.717) is 45.5 Å². The van der Waals surface area contributed by atoms with Crippen molar-refractivity contribution in [2.45, 2.75) is 13.3 Å². The molecule has 0 spiro atoms. The molecule has 9 heteroatoms. The number of hydrogen-bond donors (Lipinski definition) is 2. The van der Waals surface area contributed by atoms with E-state index in [1.54, 1.807) is 48.5 Å². The van der Waals surface area contributed by atoms with Crippen LogP contribution in [0.5, 0.6) is 5.88 Å². The highest BCUT2D eigenvalue weighted by Crippen LogP contribution is 2.32. The van der Waals surface area contributed by atoms with Crippen molar-refractivity contribution in [3.63, 3.8) is 0 Å². The van der Waals surface area contributed by atoms with E-state index >= 15 is 0 Å². The van der Waals surface area contributed by atoms with Crippen molar-refractivity contribution in [3.8, 4) is 5.88 Å². The number of nitrogens with one attached hydrogen (secondary N) is 1. The third-order valence-corrected chi connectivity index (χ3v) is 6.14. The Labute approximate surface area is 221 Å². The van der Waals surface area contributed by atoms with Gasteiger partial charge in [-0.15, -0.1) is 0 Å². The first-order valence-corrected chi connectivity index (χ1v) is 12.2. The summed E-state index contributed by atoms with van der Waals surface area (Å²) in [7, 11) is 5.34. The van der Waals surface area contributed by atoms with Crippen LogP contribution in [0.4, 0.5) is 11.4 Å². The Bertz CT molecular complexity index is 1460. The monoisotopic (exact) mass is 513 g/mol. The Balaban J connectivity index is 1.74. The van der Waals surface area contributed by atoms with Crippen LogP contribution in [-0.2, 0) is 9.53 Å². The summed E-state index contributed by atoms with van der Waals surface area (Å²) in [4.78, 5) is 40.2. The van der Waals surface area contributed by atoms with Crippen LogP contribution in [0.2, 0.25) is 0 Å². The predicted octanol–water partition coefficient (Wildman–Crippen LogP) is 4.53. The van der Waals surface area contributed by atoms with Crippen molar-refractivity contribution in [2.75, 3.05) is 39.2 Å². The van der Waals surface area contributed by atoms with Crippen molar-refractivity contribution < 1.29 is 19.4 Å². The third kappa shape index (κ3) is 5.90. The van der Waals surface area contributed by atoms with Crippen LogP contribution in [0.1, 0.15) is 34.8 Å². The minimum absolute atomic E-state index is 0.0221. The van der Waals surface area contributed by atoms with Crippen LogP contribution < -0.4 is 4.90 Å². The topological polar surface area (TPSA) is 111 Å². The van der Waals surface area contributed by atoms with E-state index in [0.717, 1.165) is 18.7 Å². The normalized spacial score (nSPS) is 11.7. The first kappa shape index (κ1) is 26.6. The van der Waals surface area contributed by atoms with Gasteiger partial charge >= 0.3 is 5.97 Å². The van der Waals surface area contributed by atoms with E-state index < -0.39 is 5.97 Å². The first-order valence-electron chi connectivity index (χ1n) is 12.2. The van der Waals surface area contributed by atoms with Crippen LogP contribution in [0.25, 0.3) is 10.9 Å². The van der Waals surface area contributed by atoms with Gasteiger partial charge < -0.3 is 24.6 Å². The van der Waals surface area contributed by atoms with Gasteiger partial charge in [-0.3, -0.25) is 9.78 Å². The molecule has 2 N–H and O–H groups in total. The van der Waals surface area contributed by atoms with Crippen LogP contribution in [0.15, 0.2) is 72.0 Å². The SMILES string of the molecule is COC(=O)c1ccc2c(C(=Nc3ccc(N(CCCN(C)C)C(C)=O)cc3)c3cccnc3)c(O)[nH]c2c1. The second kappa shape index (κ2) is 11.7. The van der Waals surface area contributed by atoms with E-state index in [4.69, 9.17) is 9.73 Å². The molecular formula is C29H31N5O4. The number of hydrogen-bond acceptors (Lipinski definition) is 7. The number of pyridine rings is 1. The number of anilines is 1. The molecule has 0 radical (unpaired) electrons. The summed E-state index contributed by atoms with van der Waals surface area (Å²) < 4.78 is 4.82. The number of methoxy groups -OCH3 is 1. The molecule has 9 nitrogen and oxygen atoms in total. The number of fused-ring (bicyclic) bond motifs is 1. The number of aromatic amines is 1. The van der Waals surface area contributed by atoms with Gasteiger partial charge in [0.2, 0.25) is 5.91 Å². The molecule has 4 rings (SSSR count). The average Bonchev–Trinajstić information content (AvgIpc) is 3.24. The van der Waals surface area contributed by atoms with E-state index in [1.807, 2.05) is 44.4 Å². The van der Waals surface area contributed by atoms with Crippen molar-refractivity contribution in [3.05, 3.63) is 83.7 Å². The van der Waals surface area contributed by atoms with Gasteiger partial charge in [0.05, 0.1) is 29.6 Å². The Morgan fingerprint density at radius 3 is 2.45 bits per heavy atom. The number of aliphatic imine (C=N–C) groups is 1. The van der Waals surface area contributed by atoms with E-state index in [-0.39, 0.29) is 11.8 Å². The minimum atomic E-state index is -0.468. The molecule has 2 aromatic heterocycles. The summed E-state index contributed by atoms with van der Waals surface area (Å²) in [6, 6.07) is 16.1. The molecule has 0 atom stereocenters. The van der Waals surface area contributed by atoms with Crippen molar-refractivity contribution >= 4 is 39.9 Å². The van der Waals surface area contributed by atoms with Gasteiger partial charge in [0.1, 0.15) is 0 Å². The van der Waals surface area contributed by atoms with Crippen molar-refractivity contribution in [2.24, 2.45) is 4.99 Å².